The van der Waals surface area contributed by atoms with E-state index >= 15 is 0 Å². The van der Waals surface area contributed by atoms with Gasteiger partial charge in [-0.05, 0) is 89.8 Å². The number of piperidine rings is 1. The standard InChI is InChI=1S/C25H30N2O4/c1-17(31-27-24(2,3)13-6-14-25(27,4)5)19-9-12-22-20(15-19)16-23(30-22)18-7-10-21(11-8-18)26(28)29/h7-12,15-17H,6,13-14H2,1-5H3. The molecule has 1 aromatic heterocycles. The molecular formula is C25H30N2O4. The van der Waals surface area contributed by atoms with E-state index in [2.05, 4.69) is 45.7 Å². The number of rotatable bonds is 5. The molecule has 2 aromatic carbocycles. The van der Waals surface area contributed by atoms with E-state index in [9.17, 15) is 10.1 Å². The van der Waals surface area contributed by atoms with E-state index in [-0.39, 0.29) is 22.9 Å². The van der Waals surface area contributed by atoms with Gasteiger partial charge in [0.05, 0.1) is 4.92 Å². The number of furan rings is 1. The summed E-state index contributed by atoms with van der Waals surface area (Å²) in [4.78, 5) is 17.0. The maximum atomic E-state index is 10.9. The molecule has 1 aliphatic heterocycles. The van der Waals surface area contributed by atoms with Gasteiger partial charge in [0.1, 0.15) is 17.4 Å². The van der Waals surface area contributed by atoms with Gasteiger partial charge in [-0.25, -0.2) is 0 Å². The summed E-state index contributed by atoms with van der Waals surface area (Å²) in [5.41, 5.74) is 2.71. The number of hydrogen-bond donors (Lipinski definition) is 0. The Morgan fingerprint density at radius 3 is 2.29 bits per heavy atom. The molecule has 0 spiro atoms. The summed E-state index contributed by atoms with van der Waals surface area (Å²) in [6.07, 6.45) is 3.34. The van der Waals surface area contributed by atoms with Crippen LogP contribution in [0.4, 0.5) is 5.69 Å². The van der Waals surface area contributed by atoms with E-state index in [0.29, 0.717) is 5.76 Å². The van der Waals surface area contributed by atoms with Crippen LogP contribution >= 0.6 is 0 Å². The Balaban J connectivity index is 1.58. The van der Waals surface area contributed by atoms with Crippen LogP contribution in [-0.4, -0.2) is 21.1 Å². The average molecular weight is 423 g/mol. The highest BCUT2D eigenvalue weighted by Gasteiger charge is 2.43. The first-order chi connectivity index (χ1) is 14.6. The topological polar surface area (TPSA) is 68.8 Å². The van der Waals surface area contributed by atoms with Gasteiger partial charge in [0.25, 0.3) is 5.69 Å². The molecule has 1 atom stereocenters. The van der Waals surface area contributed by atoms with Crippen molar-refractivity contribution in [1.29, 1.82) is 0 Å². The maximum absolute atomic E-state index is 10.9. The molecule has 0 amide bonds. The summed E-state index contributed by atoms with van der Waals surface area (Å²) in [6, 6.07) is 14.5. The van der Waals surface area contributed by atoms with E-state index in [1.165, 1.54) is 18.6 Å². The molecule has 4 rings (SSSR count). The van der Waals surface area contributed by atoms with E-state index in [1.807, 2.05) is 18.2 Å². The van der Waals surface area contributed by atoms with Crippen LogP contribution < -0.4 is 0 Å². The number of benzene rings is 2. The largest absolute Gasteiger partial charge is 0.456 e. The summed E-state index contributed by atoms with van der Waals surface area (Å²) in [7, 11) is 0. The number of nitro groups is 1. The quantitative estimate of drug-likeness (QED) is 0.326. The second-order valence-corrected chi connectivity index (χ2v) is 9.73. The van der Waals surface area contributed by atoms with E-state index < -0.39 is 4.92 Å². The number of hydroxylamine groups is 2. The first-order valence-electron chi connectivity index (χ1n) is 10.8. The van der Waals surface area contributed by atoms with Crippen LogP contribution in [0.3, 0.4) is 0 Å². The fraction of sp³-hybridized carbons (Fsp3) is 0.440. The Morgan fingerprint density at radius 2 is 1.68 bits per heavy atom. The van der Waals surface area contributed by atoms with Crippen LogP contribution in [0.2, 0.25) is 0 Å². The average Bonchev–Trinajstić information content (AvgIpc) is 3.13. The van der Waals surface area contributed by atoms with Crippen molar-refractivity contribution in [3.8, 4) is 11.3 Å². The molecule has 0 bridgehead atoms. The highest BCUT2D eigenvalue weighted by atomic mass is 16.7. The Bertz CT molecular complexity index is 1080. The van der Waals surface area contributed by atoms with Gasteiger partial charge < -0.3 is 4.42 Å². The lowest BCUT2D eigenvalue weighted by atomic mass is 9.82. The van der Waals surface area contributed by atoms with Crippen molar-refractivity contribution in [2.75, 3.05) is 0 Å². The normalized spacial score (nSPS) is 19.4. The molecule has 3 aromatic rings. The minimum Gasteiger partial charge on any atom is -0.456 e. The van der Waals surface area contributed by atoms with E-state index in [0.717, 1.165) is 34.9 Å². The zero-order chi connectivity index (χ0) is 22.4. The van der Waals surface area contributed by atoms with Gasteiger partial charge in [-0.3, -0.25) is 15.0 Å². The minimum atomic E-state index is -0.402. The summed E-state index contributed by atoms with van der Waals surface area (Å²) >= 11 is 0. The van der Waals surface area contributed by atoms with Crippen LogP contribution in [0, 0.1) is 10.1 Å². The number of nitro benzene ring substituents is 1. The Hall–Kier alpha value is -2.70. The zero-order valence-corrected chi connectivity index (χ0v) is 18.8. The lowest BCUT2D eigenvalue weighted by Gasteiger charge is -2.52. The molecule has 1 saturated heterocycles. The van der Waals surface area contributed by atoms with Gasteiger partial charge in [0.2, 0.25) is 0 Å². The summed E-state index contributed by atoms with van der Waals surface area (Å²) in [5.74, 6) is 0.689. The fourth-order valence-electron chi connectivity index (χ4n) is 4.68. The Labute approximate surface area is 182 Å². The monoisotopic (exact) mass is 422 g/mol. The smallest absolute Gasteiger partial charge is 0.269 e. The molecule has 6 heteroatoms. The van der Waals surface area contributed by atoms with Crippen LogP contribution in [0.5, 0.6) is 0 Å². The van der Waals surface area contributed by atoms with E-state index in [1.54, 1.807) is 12.1 Å². The molecule has 0 N–H and O–H groups in total. The highest BCUT2D eigenvalue weighted by molar-refractivity contribution is 5.83. The van der Waals surface area contributed by atoms with E-state index in [4.69, 9.17) is 9.25 Å². The first-order valence-corrected chi connectivity index (χ1v) is 10.8. The van der Waals surface area contributed by atoms with Crippen molar-refractivity contribution >= 4 is 16.7 Å². The molecule has 31 heavy (non-hydrogen) atoms. The lowest BCUT2D eigenvalue weighted by Crippen LogP contribution is -2.58. The predicted octanol–water partition coefficient (Wildman–Crippen LogP) is 7.04. The van der Waals surface area contributed by atoms with Crippen LogP contribution in [-0.2, 0) is 4.84 Å². The Morgan fingerprint density at radius 1 is 1.03 bits per heavy atom. The van der Waals surface area contributed by atoms with Gasteiger partial charge in [-0.2, -0.15) is 5.06 Å². The van der Waals surface area contributed by atoms with Crippen LogP contribution in [0.25, 0.3) is 22.3 Å². The number of hydrogen-bond acceptors (Lipinski definition) is 5. The predicted molar refractivity (Wildman–Crippen MR) is 122 cm³/mol. The summed E-state index contributed by atoms with van der Waals surface area (Å²) in [5, 5.41) is 14.1. The molecule has 164 valence electrons. The van der Waals surface area contributed by atoms with Gasteiger partial charge in [-0.15, -0.1) is 0 Å². The third-order valence-electron chi connectivity index (χ3n) is 6.31. The second-order valence-electron chi connectivity index (χ2n) is 9.73. The van der Waals surface area contributed by atoms with Crippen LogP contribution in [0.1, 0.15) is 65.5 Å². The van der Waals surface area contributed by atoms with Crippen LogP contribution in [0.15, 0.2) is 52.9 Å². The van der Waals surface area contributed by atoms with Crippen molar-refractivity contribution in [1.82, 2.24) is 5.06 Å². The molecule has 6 nitrogen and oxygen atoms in total. The SMILES string of the molecule is CC(ON1C(C)(C)CCCC1(C)C)c1ccc2oc(-c3ccc([N+](=O)[O-])cc3)cc2c1. The lowest BCUT2D eigenvalue weighted by molar-refractivity contribution is -0.384. The number of nitrogens with zero attached hydrogens (tertiary/aromatic N) is 2. The van der Waals surface area contributed by atoms with Crippen molar-refractivity contribution < 1.29 is 14.2 Å². The fourth-order valence-corrected chi connectivity index (χ4v) is 4.68. The first kappa shape index (κ1) is 21.5. The Kier molecular flexibility index (Phi) is 5.40. The molecule has 2 heterocycles. The highest BCUT2D eigenvalue weighted by Crippen LogP contribution is 2.41. The molecular weight excluding hydrogens is 392 g/mol. The van der Waals surface area contributed by atoms with Crippen molar-refractivity contribution in [3.05, 3.63) is 64.2 Å². The van der Waals surface area contributed by atoms with Crippen molar-refractivity contribution in [2.24, 2.45) is 0 Å². The molecule has 0 saturated carbocycles. The molecule has 0 aliphatic carbocycles. The molecule has 0 radical (unpaired) electrons. The zero-order valence-electron chi connectivity index (χ0n) is 18.8. The summed E-state index contributed by atoms with van der Waals surface area (Å²) < 4.78 is 5.98. The van der Waals surface area contributed by atoms with Gasteiger partial charge in [0.15, 0.2) is 0 Å². The van der Waals surface area contributed by atoms with Gasteiger partial charge in [-0.1, -0.05) is 6.07 Å². The molecule has 1 aliphatic rings. The third kappa shape index (κ3) is 4.23. The van der Waals surface area contributed by atoms with Gasteiger partial charge in [0, 0.05) is 34.2 Å². The summed E-state index contributed by atoms with van der Waals surface area (Å²) in [6.45, 7) is 11.1. The maximum Gasteiger partial charge on any atom is 0.269 e. The van der Waals surface area contributed by atoms with Crippen molar-refractivity contribution in [3.63, 3.8) is 0 Å². The van der Waals surface area contributed by atoms with Crippen molar-refractivity contribution in [2.45, 2.75) is 71.1 Å². The minimum absolute atomic E-state index is 0.0150. The number of non-ortho nitro benzene ring substituents is 1. The number of fused-ring (bicyclic) bond motifs is 1. The third-order valence-corrected chi connectivity index (χ3v) is 6.31. The second kappa shape index (κ2) is 7.77. The van der Waals surface area contributed by atoms with Gasteiger partial charge >= 0.3 is 0 Å². The molecule has 1 unspecified atom stereocenters. The molecule has 1 fully saturated rings.